The average Bonchev–Trinajstić information content (AvgIpc) is 2.85. The van der Waals surface area contributed by atoms with Gasteiger partial charge in [0.05, 0.1) is 11.2 Å². The number of hydrogen-bond acceptors (Lipinski definition) is 2. The van der Waals surface area contributed by atoms with Gasteiger partial charge in [0.25, 0.3) is 0 Å². The van der Waals surface area contributed by atoms with E-state index >= 15 is 0 Å². The molecule has 172 valence electrons. The van der Waals surface area contributed by atoms with Gasteiger partial charge >= 0.3 is 0 Å². The zero-order valence-electron chi connectivity index (χ0n) is 20.7. The van der Waals surface area contributed by atoms with Crippen molar-refractivity contribution < 1.29 is 4.79 Å². The van der Waals surface area contributed by atoms with Crippen LogP contribution in [0.3, 0.4) is 0 Å². The molecule has 0 amide bonds. The Morgan fingerprint density at radius 3 is 2.26 bits per heavy atom. The van der Waals surface area contributed by atoms with Crippen LogP contribution in [0.4, 0.5) is 0 Å². The summed E-state index contributed by atoms with van der Waals surface area (Å²) in [5.74, 6) is 0.161. The third kappa shape index (κ3) is 5.17. The number of Topliss-reactive ketones (excluding diaryl/α,β-unsaturated/α-hetero) is 1. The van der Waals surface area contributed by atoms with E-state index in [2.05, 4.69) is 69.3 Å². The van der Waals surface area contributed by atoms with Crippen LogP contribution in [0.1, 0.15) is 70.6 Å². The molecule has 0 saturated carbocycles. The minimum absolute atomic E-state index is 0.161. The summed E-state index contributed by atoms with van der Waals surface area (Å²) >= 11 is 0. The minimum Gasteiger partial charge on any atom is -0.294 e. The summed E-state index contributed by atoms with van der Waals surface area (Å²) < 4.78 is 0. The second-order valence-corrected chi connectivity index (χ2v) is 9.08. The molecule has 1 aromatic heterocycles. The first-order valence-electron chi connectivity index (χ1n) is 12.2. The Balaban J connectivity index is 1.68. The molecule has 1 heterocycles. The number of aryl methyl sites for hydroxylation is 4. The van der Waals surface area contributed by atoms with Crippen molar-refractivity contribution in [2.45, 2.75) is 53.4 Å². The van der Waals surface area contributed by atoms with Gasteiger partial charge in [0.15, 0.2) is 5.78 Å². The Morgan fingerprint density at radius 1 is 0.853 bits per heavy atom. The molecule has 0 aliphatic carbocycles. The van der Waals surface area contributed by atoms with Crippen LogP contribution in [0.15, 0.2) is 78.9 Å². The van der Waals surface area contributed by atoms with Crippen LogP contribution in [0.5, 0.6) is 0 Å². The van der Waals surface area contributed by atoms with Crippen LogP contribution in [0.25, 0.3) is 16.5 Å². The first kappa shape index (κ1) is 23.6. The molecule has 4 rings (SSSR count). The van der Waals surface area contributed by atoms with E-state index in [1.807, 2.05) is 37.3 Å². The van der Waals surface area contributed by atoms with Crippen LogP contribution in [0, 0.1) is 13.8 Å². The maximum absolute atomic E-state index is 13.5. The Morgan fingerprint density at radius 2 is 1.56 bits per heavy atom. The highest BCUT2D eigenvalue weighted by atomic mass is 16.1. The van der Waals surface area contributed by atoms with Crippen LogP contribution in [0.2, 0.25) is 0 Å². The molecule has 0 N–H and O–H groups in total. The Labute approximate surface area is 203 Å². The smallest absolute Gasteiger partial charge is 0.163 e. The molecule has 3 aromatic carbocycles. The number of fused-ring (bicyclic) bond motifs is 1. The number of para-hydroxylation sites is 1. The van der Waals surface area contributed by atoms with E-state index in [1.54, 1.807) is 0 Å². The van der Waals surface area contributed by atoms with Gasteiger partial charge in [-0.05, 0) is 68.0 Å². The second-order valence-electron chi connectivity index (χ2n) is 9.08. The third-order valence-electron chi connectivity index (χ3n) is 6.47. The zero-order valence-corrected chi connectivity index (χ0v) is 20.7. The highest BCUT2D eigenvalue weighted by molar-refractivity contribution is 6.08. The fourth-order valence-corrected chi connectivity index (χ4v) is 4.57. The molecule has 2 nitrogen and oxygen atoms in total. The predicted octanol–water partition coefficient (Wildman–Crippen LogP) is 8.07. The number of aromatic nitrogens is 1. The number of hydrogen-bond donors (Lipinski definition) is 0. The maximum atomic E-state index is 13.5. The number of benzene rings is 3. The number of pyridine rings is 1. The van der Waals surface area contributed by atoms with Crippen molar-refractivity contribution in [3.05, 3.63) is 118 Å². The van der Waals surface area contributed by atoms with Crippen LogP contribution in [-0.4, -0.2) is 10.8 Å². The molecule has 0 aliphatic rings. The second kappa shape index (κ2) is 10.6. The minimum atomic E-state index is 0.161. The van der Waals surface area contributed by atoms with Gasteiger partial charge in [-0.15, -0.1) is 0 Å². The van der Waals surface area contributed by atoms with Crippen LogP contribution in [-0.2, 0) is 12.8 Å². The molecule has 0 unspecified atom stereocenters. The Bertz CT molecular complexity index is 1350. The van der Waals surface area contributed by atoms with Crippen LogP contribution >= 0.6 is 0 Å². The van der Waals surface area contributed by atoms with Gasteiger partial charge in [-0.25, -0.2) is 4.98 Å². The summed E-state index contributed by atoms with van der Waals surface area (Å²) in [6, 6.07) is 25.1. The number of nitrogens with zero attached hydrogens (tertiary/aromatic N) is 1. The standard InChI is InChI=1S/C32H33NO/c1-5-9-24-14-16-25(17-15-24)18-19-32(34)29-21-31(33-30-11-8-7-10-27(29)30)26(6-2)28-20-22(3)12-13-23(28)4/h6-8,10-17,20-21H,5,9,18-19H2,1-4H3/b26-6+. The monoisotopic (exact) mass is 447 g/mol. The van der Waals surface area contributed by atoms with Gasteiger partial charge in [0, 0.05) is 22.9 Å². The molecule has 0 saturated heterocycles. The molecule has 0 spiro atoms. The van der Waals surface area contributed by atoms with E-state index in [0.29, 0.717) is 6.42 Å². The van der Waals surface area contributed by atoms with E-state index in [4.69, 9.17) is 4.98 Å². The molecule has 0 aliphatic heterocycles. The largest absolute Gasteiger partial charge is 0.294 e. The van der Waals surface area contributed by atoms with Gasteiger partial charge in [-0.2, -0.15) is 0 Å². The number of carbonyl (C=O) groups excluding carboxylic acids is 1. The highest BCUT2D eigenvalue weighted by Gasteiger charge is 2.16. The molecule has 0 fully saturated rings. The highest BCUT2D eigenvalue weighted by Crippen LogP contribution is 2.30. The van der Waals surface area contributed by atoms with Crippen molar-refractivity contribution in [3.8, 4) is 0 Å². The van der Waals surface area contributed by atoms with Gasteiger partial charge in [0.2, 0.25) is 0 Å². The van der Waals surface area contributed by atoms with Crippen LogP contribution < -0.4 is 0 Å². The summed E-state index contributed by atoms with van der Waals surface area (Å²) in [5.41, 5.74) is 9.66. The first-order chi connectivity index (χ1) is 16.5. The lowest BCUT2D eigenvalue weighted by Crippen LogP contribution is -2.05. The normalized spacial score (nSPS) is 11.7. The molecular formula is C32H33NO. The first-order valence-corrected chi connectivity index (χ1v) is 12.2. The average molecular weight is 448 g/mol. The molecule has 4 aromatic rings. The van der Waals surface area contributed by atoms with E-state index in [1.165, 1.54) is 22.3 Å². The third-order valence-corrected chi connectivity index (χ3v) is 6.47. The summed E-state index contributed by atoms with van der Waals surface area (Å²) in [7, 11) is 0. The van der Waals surface area contributed by atoms with E-state index in [0.717, 1.165) is 52.6 Å². The number of rotatable bonds is 8. The van der Waals surface area contributed by atoms with Gasteiger partial charge in [-0.3, -0.25) is 4.79 Å². The fraction of sp³-hybridized carbons (Fsp3) is 0.250. The molecule has 34 heavy (non-hydrogen) atoms. The number of ketones is 1. The lowest BCUT2D eigenvalue weighted by atomic mass is 9.92. The van der Waals surface area contributed by atoms with Crippen molar-refractivity contribution in [2.75, 3.05) is 0 Å². The quantitative estimate of drug-likeness (QED) is 0.256. The maximum Gasteiger partial charge on any atom is 0.163 e. The summed E-state index contributed by atoms with van der Waals surface area (Å²) in [5, 5.41) is 0.922. The van der Waals surface area contributed by atoms with E-state index < -0.39 is 0 Å². The van der Waals surface area contributed by atoms with Crippen molar-refractivity contribution in [1.29, 1.82) is 0 Å². The summed E-state index contributed by atoms with van der Waals surface area (Å²) in [6.07, 6.45) is 5.56. The molecule has 2 heteroatoms. The molecular weight excluding hydrogens is 414 g/mol. The SMILES string of the molecule is C/C=C(/c1cc(C(=O)CCc2ccc(CCC)cc2)c2ccccc2n1)c1cc(C)ccc1C. The summed E-state index contributed by atoms with van der Waals surface area (Å²) in [6.45, 7) is 8.46. The van der Waals surface area contributed by atoms with Crippen molar-refractivity contribution in [1.82, 2.24) is 4.98 Å². The van der Waals surface area contributed by atoms with E-state index in [9.17, 15) is 4.79 Å². The van der Waals surface area contributed by atoms with Gasteiger partial charge in [0.1, 0.15) is 0 Å². The summed E-state index contributed by atoms with van der Waals surface area (Å²) in [4.78, 5) is 18.4. The molecule has 0 radical (unpaired) electrons. The number of allylic oxidation sites excluding steroid dienone is 1. The topological polar surface area (TPSA) is 30.0 Å². The number of carbonyl (C=O) groups is 1. The lowest BCUT2D eigenvalue weighted by Gasteiger charge is -2.14. The van der Waals surface area contributed by atoms with Gasteiger partial charge in [-0.1, -0.05) is 85.6 Å². The molecule has 0 bridgehead atoms. The lowest BCUT2D eigenvalue weighted by molar-refractivity contribution is 0.0984. The molecule has 0 atom stereocenters. The van der Waals surface area contributed by atoms with Crippen molar-refractivity contribution in [3.63, 3.8) is 0 Å². The van der Waals surface area contributed by atoms with Crippen molar-refractivity contribution >= 4 is 22.3 Å². The zero-order chi connectivity index (χ0) is 24.1. The van der Waals surface area contributed by atoms with Crippen molar-refractivity contribution in [2.24, 2.45) is 0 Å². The predicted molar refractivity (Wildman–Crippen MR) is 144 cm³/mol. The van der Waals surface area contributed by atoms with E-state index in [-0.39, 0.29) is 5.78 Å². The van der Waals surface area contributed by atoms with Gasteiger partial charge < -0.3 is 0 Å². The Hall–Kier alpha value is -3.52. The fourth-order valence-electron chi connectivity index (χ4n) is 4.57. The Kier molecular flexibility index (Phi) is 7.37.